The van der Waals surface area contributed by atoms with Crippen LogP contribution in [0.1, 0.15) is 0 Å². The average molecular weight is 209 g/mol. The Balaban J connectivity index is 1.99. The summed E-state index contributed by atoms with van der Waals surface area (Å²) in [5.74, 6) is 0.590. The molecule has 0 atom stereocenters. The molecule has 0 bridgehead atoms. The molecule has 2 N–H and O–H groups in total. The fraction of sp³-hybridized carbons (Fsp3) is 0.500. The summed E-state index contributed by atoms with van der Waals surface area (Å²) in [7, 11) is 0.163. The van der Waals surface area contributed by atoms with Gasteiger partial charge >= 0.3 is 7.12 Å². The second-order valence-corrected chi connectivity index (χ2v) is 3.45. The summed E-state index contributed by atoms with van der Waals surface area (Å²) >= 11 is 0. The Kier molecular flexibility index (Phi) is 2.85. The minimum Gasteiger partial charge on any atom is -0.423 e. The number of nitrogens with zero attached hydrogens (tertiary/aromatic N) is 3. The van der Waals surface area contributed by atoms with Crippen LogP contribution in [-0.2, 0) is 4.74 Å². The van der Waals surface area contributed by atoms with Gasteiger partial charge in [-0.2, -0.15) is 0 Å². The summed E-state index contributed by atoms with van der Waals surface area (Å²) in [5.41, 5.74) is 0.294. The van der Waals surface area contributed by atoms with E-state index in [1.54, 1.807) is 7.11 Å². The van der Waals surface area contributed by atoms with Crippen molar-refractivity contribution in [3.05, 3.63) is 12.4 Å². The van der Waals surface area contributed by atoms with Gasteiger partial charge in [-0.25, -0.2) is 9.97 Å². The molecule has 0 unspecified atom stereocenters. The van der Waals surface area contributed by atoms with Crippen LogP contribution in [0.15, 0.2) is 12.4 Å². The lowest BCUT2D eigenvalue weighted by atomic mass is 9.83. The quantitative estimate of drug-likeness (QED) is 0.560. The molecule has 7 heteroatoms. The van der Waals surface area contributed by atoms with Crippen LogP contribution < -0.4 is 10.4 Å². The molecule has 15 heavy (non-hydrogen) atoms. The van der Waals surface area contributed by atoms with Gasteiger partial charge in [0, 0.05) is 38.1 Å². The van der Waals surface area contributed by atoms with Crippen molar-refractivity contribution >= 4 is 18.5 Å². The molecule has 2 rings (SSSR count). The van der Waals surface area contributed by atoms with Gasteiger partial charge in [0.25, 0.3) is 0 Å². The molecular weight excluding hydrogens is 197 g/mol. The molecule has 2 heterocycles. The first kappa shape index (κ1) is 10.3. The maximum Gasteiger partial charge on any atom is 0.491 e. The van der Waals surface area contributed by atoms with Gasteiger partial charge < -0.3 is 19.7 Å². The van der Waals surface area contributed by atoms with Crippen LogP contribution >= 0.6 is 0 Å². The lowest BCUT2D eigenvalue weighted by Gasteiger charge is -2.37. The Hall–Kier alpha value is -1.18. The number of aromatic nitrogens is 2. The fourth-order valence-electron chi connectivity index (χ4n) is 1.38. The predicted molar refractivity (Wildman–Crippen MR) is 54.9 cm³/mol. The van der Waals surface area contributed by atoms with E-state index < -0.39 is 7.12 Å². The largest absolute Gasteiger partial charge is 0.491 e. The van der Waals surface area contributed by atoms with Crippen molar-refractivity contribution in [1.82, 2.24) is 9.97 Å². The van der Waals surface area contributed by atoms with Gasteiger partial charge in [-0.3, -0.25) is 0 Å². The highest BCUT2D eigenvalue weighted by Gasteiger charge is 2.28. The van der Waals surface area contributed by atoms with Gasteiger partial charge in [-0.15, -0.1) is 0 Å². The Morgan fingerprint density at radius 3 is 2.47 bits per heavy atom. The molecule has 0 spiro atoms. The van der Waals surface area contributed by atoms with Crippen LogP contribution in [0.3, 0.4) is 0 Å². The van der Waals surface area contributed by atoms with E-state index in [1.807, 2.05) is 4.90 Å². The van der Waals surface area contributed by atoms with E-state index in [1.165, 1.54) is 12.4 Å². The Morgan fingerprint density at radius 1 is 1.40 bits per heavy atom. The predicted octanol–water partition coefficient (Wildman–Crippen LogP) is -2.01. The Bertz CT molecular complexity index is 326. The smallest absolute Gasteiger partial charge is 0.423 e. The third-order valence-electron chi connectivity index (χ3n) is 2.42. The molecule has 6 nitrogen and oxygen atoms in total. The molecule has 0 saturated carbocycles. The van der Waals surface area contributed by atoms with Gasteiger partial charge in [-0.05, 0) is 0 Å². The summed E-state index contributed by atoms with van der Waals surface area (Å²) < 4.78 is 5.12. The normalized spacial score (nSPS) is 16.3. The third kappa shape index (κ3) is 2.09. The maximum atomic E-state index is 8.85. The van der Waals surface area contributed by atoms with Crippen LogP contribution in [0.25, 0.3) is 0 Å². The number of anilines is 1. The summed E-state index contributed by atoms with van der Waals surface area (Å²) in [6.07, 6.45) is 3.07. The highest BCUT2D eigenvalue weighted by atomic mass is 16.5. The summed E-state index contributed by atoms with van der Waals surface area (Å²) in [4.78, 5) is 10.0. The molecule has 0 radical (unpaired) electrons. The fourth-order valence-corrected chi connectivity index (χ4v) is 1.38. The van der Waals surface area contributed by atoms with Crippen molar-refractivity contribution < 1.29 is 14.8 Å². The van der Waals surface area contributed by atoms with Crippen LogP contribution in [-0.4, -0.2) is 53.4 Å². The summed E-state index contributed by atoms with van der Waals surface area (Å²) in [6, 6.07) is 0. The standard InChI is InChI=1S/C8H12BN3O3/c1-15-7-4-12(5-7)8-10-2-6(3-11-8)9(13)14/h2-3,7,13-14H,4-5H2,1H3. The van der Waals surface area contributed by atoms with E-state index in [9.17, 15) is 0 Å². The topological polar surface area (TPSA) is 78.7 Å². The lowest BCUT2D eigenvalue weighted by Crippen LogP contribution is -2.52. The molecule has 1 aliphatic rings. The highest BCUT2D eigenvalue weighted by Crippen LogP contribution is 2.16. The van der Waals surface area contributed by atoms with E-state index in [0.717, 1.165) is 13.1 Å². The van der Waals surface area contributed by atoms with Gasteiger partial charge in [0.1, 0.15) is 0 Å². The Morgan fingerprint density at radius 2 is 2.00 bits per heavy atom. The SMILES string of the molecule is COC1CN(c2ncc(B(O)O)cn2)C1. The molecule has 1 saturated heterocycles. The first-order valence-electron chi connectivity index (χ1n) is 4.66. The van der Waals surface area contributed by atoms with Crippen LogP contribution in [0.5, 0.6) is 0 Å². The van der Waals surface area contributed by atoms with Gasteiger partial charge in [0.05, 0.1) is 6.10 Å². The number of rotatable bonds is 3. The minimum atomic E-state index is -1.51. The lowest BCUT2D eigenvalue weighted by molar-refractivity contribution is 0.0778. The van der Waals surface area contributed by atoms with Crippen molar-refractivity contribution in [2.45, 2.75) is 6.10 Å². The molecule has 0 amide bonds. The monoisotopic (exact) mass is 209 g/mol. The molecule has 0 aliphatic carbocycles. The zero-order valence-electron chi connectivity index (χ0n) is 8.37. The molecular formula is C8H12BN3O3. The van der Waals surface area contributed by atoms with Gasteiger partial charge in [0.2, 0.25) is 5.95 Å². The van der Waals surface area contributed by atoms with E-state index >= 15 is 0 Å². The van der Waals surface area contributed by atoms with Crippen molar-refractivity contribution in [3.8, 4) is 0 Å². The number of hydrogen-bond donors (Lipinski definition) is 2. The number of hydrogen-bond acceptors (Lipinski definition) is 6. The number of ether oxygens (including phenoxy) is 1. The second-order valence-electron chi connectivity index (χ2n) is 3.45. The minimum absolute atomic E-state index is 0.247. The first-order chi connectivity index (χ1) is 7.20. The number of methoxy groups -OCH3 is 1. The Labute approximate surface area is 87.7 Å². The van der Waals surface area contributed by atoms with Crippen molar-refractivity contribution in [3.63, 3.8) is 0 Å². The van der Waals surface area contributed by atoms with Crippen LogP contribution in [0.2, 0.25) is 0 Å². The van der Waals surface area contributed by atoms with Crippen molar-refractivity contribution in [2.24, 2.45) is 0 Å². The first-order valence-corrected chi connectivity index (χ1v) is 4.66. The summed E-state index contributed by atoms with van der Waals surface area (Å²) in [5, 5.41) is 17.7. The van der Waals surface area contributed by atoms with Gasteiger partial charge in [-0.1, -0.05) is 0 Å². The highest BCUT2D eigenvalue weighted by molar-refractivity contribution is 6.58. The molecule has 0 aromatic carbocycles. The summed E-state index contributed by atoms with van der Waals surface area (Å²) in [6.45, 7) is 1.55. The molecule has 80 valence electrons. The van der Waals surface area contributed by atoms with E-state index in [4.69, 9.17) is 14.8 Å². The van der Waals surface area contributed by atoms with Crippen LogP contribution in [0, 0.1) is 0 Å². The maximum absolute atomic E-state index is 8.85. The van der Waals surface area contributed by atoms with Gasteiger partial charge in [0.15, 0.2) is 0 Å². The van der Waals surface area contributed by atoms with E-state index in [-0.39, 0.29) is 6.10 Å². The van der Waals surface area contributed by atoms with E-state index in [2.05, 4.69) is 9.97 Å². The zero-order chi connectivity index (χ0) is 10.8. The van der Waals surface area contributed by atoms with Crippen molar-refractivity contribution in [2.75, 3.05) is 25.1 Å². The molecule has 1 aromatic rings. The third-order valence-corrected chi connectivity index (χ3v) is 2.42. The zero-order valence-corrected chi connectivity index (χ0v) is 8.37. The molecule has 1 fully saturated rings. The average Bonchev–Trinajstić information content (AvgIpc) is 2.17. The van der Waals surface area contributed by atoms with Crippen LogP contribution in [0.4, 0.5) is 5.95 Å². The van der Waals surface area contributed by atoms with Crippen molar-refractivity contribution in [1.29, 1.82) is 0 Å². The molecule has 1 aliphatic heterocycles. The molecule has 1 aromatic heterocycles. The van der Waals surface area contributed by atoms with E-state index in [0.29, 0.717) is 11.4 Å². The second kappa shape index (κ2) is 4.14.